The summed E-state index contributed by atoms with van der Waals surface area (Å²) in [6.07, 6.45) is -1.62. The first-order chi connectivity index (χ1) is 15.8. The molecule has 2 aromatic rings. The number of hydrogen-bond donors (Lipinski definition) is 3. The molecule has 0 amide bonds. The topological polar surface area (TPSA) is 82.3 Å². The SMILES string of the molecule is [2H]C([2H])([2H])N(C([2H])([2H])[2H])C([2H])([2H])C([2H])([2H])c1c[nH]c2cccc([C@@H](C(=O)O)C(CN)CC(C)C)c12. The van der Waals surface area contributed by atoms with Crippen LogP contribution in [0.4, 0.5) is 0 Å². The Morgan fingerprint density at radius 2 is 2.20 bits per heavy atom. The third kappa shape index (κ3) is 4.61. The average molecular weight is 356 g/mol. The van der Waals surface area contributed by atoms with Gasteiger partial charge in [-0.1, -0.05) is 26.0 Å². The van der Waals surface area contributed by atoms with E-state index in [1.165, 1.54) is 12.1 Å². The Bertz CT molecular complexity index is 1030. The molecule has 0 fully saturated rings. The van der Waals surface area contributed by atoms with Crippen molar-refractivity contribution in [1.29, 1.82) is 0 Å². The number of carbonyl (C=O) groups is 1. The molecular weight excluding hydrogens is 314 g/mol. The Balaban J connectivity index is 2.83. The third-order valence-electron chi connectivity index (χ3n) is 4.19. The molecule has 0 saturated carbocycles. The van der Waals surface area contributed by atoms with Crippen LogP contribution in [0, 0.1) is 11.8 Å². The lowest BCUT2D eigenvalue weighted by Gasteiger charge is -2.25. The minimum Gasteiger partial charge on any atom is -0.481 e. The standard InChI is InChI=1S/C20H31N3O2/c1-13(2)10-15(11-21)19(20(24)25)16-6-5-7-17-18(16)14(12-22-17)8-9-23(3)4/h5-7,12-13,15,19,22H,8-11,21H2,1-4H3,(H,24,25)/t15?,19-/m0/s1/i3D3,4D3,8D2,9D2. The number of benzene rings is 1. The minimum atomic E-state index is -3.55. The Morgan fingerprint density at radius 3 is 2.80 bits per heavy atom. The molecule has 0 aliphatic heterocycles. The van der Waals surface area contributed by atoms with Gasteiger partial charge >= 0.3 is 5.97 Å². The maximum absolute atomic E-state index is 12.4. The fourth-order valence-electron chi connectivity index (χ4n) is 3.25. The molecule has 0 aliphatic rings. The van der Waals surface area contributed by atoms with Gasteiger partial charge in [0, 0.05) is 37.3 Å². The van der Waals surface area contributed by atoms with Crippen LogP contribution in [-0.4, -0.2) is 48.0 Å². The number of aromatic nitrogens is 1. The largest absolute Gasteiger partial charge is 0.481 e. The summed E-state index contributed by atoms with van der Waals surface area (Å²) >= 11 is 0. The fourth-order valence-corrected chi connectivity index (χ4v) is 3.25. The number of rotatable bonds is 9. The predicted octanol–water partition coefficient (Wildman–Crippen LogP) is 3.06. The molecule has 4 N–H and O–H groups in total. The highest BCUT2D eigenvalue weighted by Crippen LogP contribution is 2.35. The van der Waals surface area contributed by atoms with E-state index in [-0.39, 0.29) is 28.9 Å². The van der Waals surface area contributed by atoms with E-state index in [1.54, 1.807) is 6.07 Å². The van der Waals surface area contributed by atoms with Crippen molar-refractivity contribution >= 4 is 16.9 Å². The molecule has 1 heterocycles. The highest BCUT2D eigenvalue weighted by atomic mass is 16.4. The lowest BCUT2D eigenvalue weighted by atomic mass is 9.79. The zero-order valence-electron chi connectivity index (χ0n) is 24.3. The molecular formula is C20H31N3O2. The fraction of sp³-hybridized carbons (Fsp3) is 0.550. The average Bonchev–Trinajstić information content (AvgIpc) is 3.09. The summed E-state index contributed by atoms with van der Waals surface area (Å²) in [6.45, 7) is -6.68. The Morgan fingerprint density at radius 1 is 1.44 bits per heavy atom. The highest BCUT2D eigenvalue weighted by Gasteiger charge is 2.31. The number of nitrogens with one attached hydrogen (secondary N) is 1. The van der Waals surface area contributed by atoms with E-state index in [4.69, 9.17) is 19.4 Å². The summed E-state index contributed by atoms with van der Waals surface area (Å²) < 4.78 is 79.4. The summed E-state index contributed by atoms with van der Waals surface area (Å²) in [5.74, 6) is -2.77. The number of fused-ring (bicyclic) bond motifs is 1. The van der Waals surface area contributed by atoms with Crippen LogP contribution >= 0.6 is 0 Å². The minimum absolute atomic E-state index is 0.0326. The van der Waals surface area contributed by atoms with Crippen molar-refractivity contribution in [1.82, 2.24) is 9.88 Å². The molecule has 1 aromatic carbocycles. The van der Waals surface area contributed by atoms with Gasteiger partial charge in [-0.05, 0) is 62.3 Å². The predicted molar refractivity (Wildman–Crippen MR) is 103 cm³/mol. The maximum Gasteiger partial charge on any atom is 0.311 e. The van der Waals surface area contributed by atoms with Gasteiger partial charge in [-0.3, -0.25) is 4.79 Å². The van der Waals surface area contributed by atoms with Crippen LogP contribution in [0.2, 0.25) is 0 Å². The smallest absolute Gasteiger partial charge is 0.311 e. The lowest BCUT2D eigenvalue weighted by Crippen LogP contribution is -2.29. The van der Waals surface area contributed by atoms with Crippen molar-refractivity contribution in [2.24, 2.45) is 17.6 Å². The van der Waals surface area contributed by atoms with Crippen molar-refractivity contribution in [3.05, 3.63) is 35.5 Å². The molecule has 0 bridgehead atoms. The second-order valence-electron chi connectivity index (χ2n) is 6.49. The molecule has 5 heteroatoms. The van der Waals surface area contributed by atoms with Gasteiger partial charge in [0.05, 0.1) is 5.92 Å². The van der Waals surface area contributed by atoms with Crippen molar-refractivity contribution in [2.45, 2.75) is 32.6 Å². The molecule has 2 rings (SSSR count). The van der Waals surface area contributed by atoms with Crippen molar-refractivity contribution in [3.63, 3.8) is 0 Å². The molecule has 0 spiro atoms. The summed E-state index contributed by atoms with van der Waals surface area (Å²) in [7, 11) is 0. The zero-order chi connectivity index (χ0) is 27.1. The van der Waals surface area contributed by atoms with Crippen LogP contribution in [0.1, 0.15) is 51.0 Å². The van der Waals surface area contributed by atoms with Crippen LogP contribution in [0.5, 0.6) is 0 Å². The van der Waals surface area contributed by atoms with E-state index in [0.29, 0.717) is 6.42 Å². The quantitative estimate of drug-likeness (QED) is 0.645. The lowest BCUT2D eigenvalue weighted by molar-refractivity contribution is -0.140. The molecule has 0 aliphatic carbocycles. The van der Waals surface area contributed by atoms with E-state index in [2.05, 4.69) is 4.98 Å². The number of nitrogens with two attached hydrogens (primary N) is 1. The van der Waals surface area contributed by atoms with Crippen molar-refractivity contribution in [2.75, 3.05) is 27.0 Å². The first kappa shape index (κ1) is 9.74. The number of aromatic amines is 1. The highest BCUT2D eigenvalue weighted by molar-refractivity contribution is 5.91. The Kier molecular flexibility index (Phi) is 3.31. The zero-order valence-corrected chi connectivity index (χ0v) is 14.3. The molecule has 5 nitrogen and oxygen atoms in total. The molecule has 0 saturated heterocycles. The Labute approximate surface area is 164 Å². The van der Waals surface area contributed by atoms with Crippen molar-refractivity contribution in [3.8, 4) is 0 Å². The van der Waals surface area contributed by atoms with Gasteiger partial charge in [-0.15, -0.1) is 0 Å². The first-order valence-corrected chi connectivity index (χ1v) is 8.12. The van der Waals surface area contributed by atoms with Gasteiger partial charge < -0.3 is 20.7 Å². The van der Waals surface area contributed by atoms with E-state index in [0.717, 1.165) is 6.20 Å². The number of aryl methyl sites for hydroxylation is 1. The first-order valence-electron chi connectivity index (χ1n) is 13.1. The van der Waals surface area contributed by atoms with Gasteiger partial charge in [-0.25, -0.2) is 0 Å². The van der Waals surface area contributed by atoms with E-state index < -0.39 is 55.1 Å². The van der Waals surface area contributed by atoms with Crippen molar-refractivity contribution < 1.29 is 23.6 Å². The molecule has 1 aromatic heterocycles. The molecule has 0 radical (unpaired) electrons. The maximum atomic E-state index is 12.4. The number of aliphatic carboxylic acids is 1. The van der Waals surface area contributed by atoms with Crippen LogP contribution in [0.3, 0.4) is 0 Å². The summed E-state index contributed by atoms with van der Waals surface area (Å²) in [5.41, 5.74) is 5.98. The van der Waals surface area contributed by atoms with E-state index >= 15 is 0 Å². The van der Waals surface area contributed by atoms with Crippen LogP contribution < -0.4 is 5.73 Å². The van der Waals surface area contributed by atoms with E-state index in [1.807, 2.05) is 13.8 Å². The van der Waals surface area contributed by atoms with Gasteiger partial charge in [0.15, 0.2) is 0 Å². The van der Waals surface area contributed by atoms with E-state index in [9.17, 15) is 9.90 Å². The van der Waals surface area contributed by atoms with Crippen LogP contribution in [0.15, 0.2) is 24.4 Å². The third-order valence-corrected chi connectivity index (χ3v) is 4.19. The number of hydrogen-bond acceptors (Lipinski definition) is 3. The molecule has 1 unspecified atom stereocenters. The van der Waals surface area contributed by atoms with Gasteiger partial charge in [-0.2, -0.15) is 0 Å². The normalized spacial score (nSPS) is 22.4. The molecule has 2 atom stereocenters. The second-order valence-corrected chi connectivity index (χ2v) is 6.49. The summed E-state index contributed by atoms with van der Waals surface area (Å²) in [4.78, 5) is 14.7. The van der Waals surface area contributed by atoms with Crippen LogP contribution in [0.25, 0.3) is 10.9 Å². The van der Waals surface area contributed by atoms with Gasteiger partial charge in [0.1, 0.15) is 0 Å². The van der Waals surface area contributed by atoms with Gasteiger partial charge in [0.2, 0.25) is 0 Å². The monoisotopic (exact) mass is 355 g/mol. The van der Waals surface area contributed by atoms with Gasteiger partial charge in [0.25, 0.3) is 0 Å². The molecule has 25 heavy (non-hydrogen) atoms. The number of H-pyrrole nitrogens is 1. The number of carboxylic acids is 1. The second kappa shape index (κ2) is 8.50. The number of carboxylic acid groups (broad SMARTS) is 1. The van der Waals surface area contributed by atoms with Crippen LogP contribution in [-0.2, 0) is 11.2 Å². The number of nitrogens with zero attached hydrogens (tertiary/aromatic N) is 1. The Hall–Kier alpha value is -1.85. The summed E-state index contributed by atoms with van der Waals surface area (Å²) in [6, 6.07) is 4.59. The molecule has 138 valence electrons. The number of likely N-dealkylation sites (N-methyl/N-ethyl adjacent to an activating group) is 1. The summed E-state index contributed by atoms with van der Waals surface area (Å²) in [5, 5.41) is 10.2.